The number of benzene rings is 1. The van der Waals surface area contributed by atoms with Gasteiger partial charge in [-0.05, 0) is 25.6 Å². The molecule has 0 bridgehead atoms. The Hall–Kier alpha value is -2.01. The molecule has 0 aliphatic rings. The van der Waals surface area contributed by atoms with E-state index >= 15 is 0 Å². The second kappa shape index (κ2) is 6.80. The molecule has 0 atom stereocenters. The van der Waals surface area contributed by atoms with Crippen LogP contribution in [0.5, 0.6) is 17.6 Å². The maximum atomic E-state index is 5.61. The monoisotopic (exact) mass is 262 g/mol. The van der Waals surface area contributed by atoms with Crippen LogP contribution in [0, 0.1) is 0 Å². The van der Waals surface area contributed by atoms with Gasteiger partial charge < -0.3 is 19.2 Å². The second-order valence-corrected chi connectivity index (χ2v) is 4.03. The zero-order valence-electron chi connectivity index (χ0n) is 11.2. The van der Waals surface area contributed by atoms with Gasteiger partial charge in [-0.25, -0.2) is 0 Å². The first kappa shape index (κ1) is 13.4. The zero-order valence-corrected chi connectivity index (χ0v) is 11.2. The van der Waals surface area contributed by atoms with Crippen LogP contribution < -0.4 is 14.8 Å². The molecule has 1 heterocycles. The minimum atomic E-state index is 0.220. The van der Waals surface area contributed by atoms with E-state index in [9.17, 15) is 0 Å². The van der Waals surface area contributed by atoms with Crippen LogP contribution in [0.1, 0.15) is 19.0 Å². The van der Waals surface area contributed by atoms with E-state index in [1.54, 1.807) is 6.26 Å². The summed E-state index contributed by atoms with van der Waals surface area (Å²) >= 11 is 0. The fourth-order valence-electron chi connectivity index (χ4n) is 1.56. The van der Waals surface area contributed by atoms with Crippen molar-refractivity contribution in [3.8, 4) is 17.6 Å². The Balaban J connectivity index is 2.08. The number of ether oxygens (including phenoxy) is 2. The lowest BCUT2D eigenvalue weighted by Crippen LogP contribution is -2.04. The lowest BCUT2D eigenvalue weighted by molar-refractivity contribution is 0.280. The first-order valence-corrected chi connectivity index (χ1v) is 6.32. The number of aromatic nitrogens is 1. The van der Waals surface area contributed by atoms with Crippen LogP contribution >= 0.6 is 0 Å². The van der Waals surface area contributed by atoms with Crippen LogP contribution in [0.3, 0.4) is 0 Å². The van der Waals surface area contributed by atoms with Crippen molar-refractivity contribution in [2.24, 2.45) is 0 Å². The minimum Gasteiger partial charge on any atom is -0.490 e. The Kier molecular flexibility index (Phi) is 4.80. The summed E-state index contributed by atoms with van der Waals surface area (Å²) in [6, 6.07) is 7.47. The lowest BCUT2D eigenvalue weighted by Gasteiger charge is -2.09. The molecule has 2 rings (SSSR count). The fourth-order valence-corrected chi connectivity index (χ4v) is 1.56. The molecule has 0 fully saturated rings. The summed E-state index contributed by atoms with van der Waals surface area (Å²) in [7, 11) is 1.85. The predicted molar refractivity (Wildman–Crippen MR) is 71.6 cm³/mol. The van der Waals surface area contributed by atoms with Crippen molar-refractivity contribution in [2.45, 2.75) is 19.9 Å². The molecule has 0 saturated heterocycles. The first-order valence-electron chi connectivity index (χ1n) is 6.32. The number of rotatable bonds is 7. The molecule has 5 heteroatoms. The van der Waals surface area contributed by atoms with E-state index in [4.69, 9.17) is 13.9 Å². The van der Waals surface area contributed by atoms with Crippen molar-refractivity contribution < 1.29 is 13.9 Å². The smallest absolute Gasteiger partial charge is 0.399 e. The number of nitrogens with zero attached hydrogens (tertiary/aromatic N) is 1. The maximum absolute atomic E-state index is 5.61. The lowest BCUT2D eigenvalue weighted by atomic mass is 10.3. The largest absolute Gasteiger partial charge is 0.490 e. The third-order valence-corrected chi connectivity index (χ3v) is 2.40. The molecule has 1 aromatic carbocycles. The van der Waals surface area contributed by atoms with E-state index in [0.29, 0.717) is 24.7 Å². The molecular formula is C14H18N2O3. The van der Waals surface area contributed by atoms with Crippen LogP contribution in [0.2, 0.25) is 0 Å². The molecule has 5 nitrogen and oxygen atoms in total. The first-order chi connectivity index (χ1) is 9.33. The quantitative estimate of drug-likeness (QED) is 0.831. The van der Waals surface area contributed by atoms with Crippen LogP contribution in [0.4, 0.5) is 0 Å². The minimum absolute atomic E-state index is 0.220. The molecule has 19 heavy (non-hydrogen) atoms. The van der Waals surface area contributed by atoms with Gasteiger partial charge in [0, 0.05) is 6.54 Å². The molecule has 102 valence electrons. The van der Waals surface area contributed by atoms with E-state index in [2.05, 4.69) is 17.2 Å². The average molecular weight is 262 g/mol. The molecule has 0 radical (unpaired) electrons. The summed E-state index contributed by atoms with van der Waals surface area (Å²) in [6.45, 7) is 3.35. The Morgan fingerprint density at radius 1 is 1.26 bits per heavy atom. The van der Waals surface area contributed by atoms with Crippen molar-refractivity contribution in [1.29, 1.82) is 0 Å². The Morgan fingerprint density at radius 3 is 2.79 bits per heavy atom. The summed E-state index contributed by atoms with van der Waals surface area (Å²) in [4.78, 5) is 4.21. The number of hydrogen-bond donors (Lipinski definition) is 1. The highest BCUT2D eigenvalue weighted by atomic mass is 16.6. The summed E-state index contributed by atoms with van der Waals surface area (Å²) < 4.78 is 16.5. The Morgan fingerprint density at radius 2 is 2.05 bits per heavy atom. The molecule has 1 aromatic heterocycles. The van der Waals surface area contributed by atoms with Crippen LogP contribution in [0.15, 0.2) is 34.9 Å². The Bertz CT molecular complexity index is 511. The van der Waals surface area contributed by atoms with E-state index in [1.165, 1.54) is 0 Å². The van der Waals surface area contributed by atoms with Crippen LogP contribution in [0.25, 0.3) is 0 Å². The van der Waals surface area contributed by atoms with Gasteiger partial charge in [0.1, 0.15) is 6.26 Å². The number of nitrogens with one attached hydrogen (secondary N) is 1. The van der Waals surface area contributed by atoms with Gasteiger partial charge in [0.15, 0.2) is 11.5 Å². The van der Waals surface area contributed by atoms with Gasteiger partial charge in [0.25, 0.3) is 0 Å². The fraction of sp³-hybridized carbons (Fsp3) is 0.357. The molecule has 2 aromatic rings. The summed E-state index contributed by atoms with van der Waals surface area (Å²) in [6.07, 6.45) is 2.74. The maximum Gasteiger partial charge on any atom is 0.399 e. The molecule has 0 aliphatic heterocycles. The van der Waals surface area contributed by atoms with E-state index < -0.39 is 0 Å². The van der Waals surface area contributed by atoms with E-state index in [0.717, 1.165) is 12.1 Å². The molecule has 0 amide bonds. The zero-order chi connectivity index (χ0) is 13.5. The van der Waals surface area contributed by atoms with Gasteiger partial charge in [0.2, 0.25) is 0 Å². The predicted octanol–water partition coefficient (Wildman–Crippen LogP) is 2.98. The standard InChI is InChI=1S/C14H18N2O3/c1-3-8-17-12-6-4-5-7-13(12)19-14-16-11(9-15-2)10-18-14/h4-7,10,15H,3,8-9H2,1-2H3. The molecule has 0 saturated carbocycles. The van der Waals surface area contributed by atoms with Gasteiger partial charge in [-0.3, -0.25) is 0 Å². The van der Waals surface area contributed by atoms with Gasteiger partial charge in [-0.15, -0.1) is 0 Å². The normalized spacial score (nSPS) is 10.4. The van der Waals surface area contributed by atoms with Crippen molar-refractivity contribution in [1.82, 2.24) is 10.3 Å². The average Bonchev–Trinajstić information content (AvgIpc) is 2.86. The Labute approximate surface area is 112 Å². The SMILES string of the molecule is CCCOc1ccccc1Oc1nc(CNC)co1. The van der Waals surface area contributed by atoms with Crippen molar-refractivity contribution in [3.63, 3.8) is 0 Å². The third-order valence-electron chi connectivity index (χ3n) is 2.40. The third kappa shape index (κ3) is 3.72. The summed E-state index contributed by atoms with van der Waals surface area (Å²) in [5.74, 6) is 1.30. The molecule has 0 aliphatic carbocycles. The number of oxazole rings is 1. The molecule has 1 N–H and O–H groups in total. The highest BCUT2D eigenvalue weighted by Gasteiger charge is 2.10. The second-order valence-electron chi connectivity index (χ2n) is 4.03. The number of para-hydroxylation sites is 2. The van der Waals surface area contributed by atoms with E-state index in [1.807, 2.05) is 31.3 Å². The summed E-state index contributed by atoms with van der Waals surface area (Å²) in [5, 5.41) is 3.00. The van der Waals surface area contributed by atoms with Gasteiger partial charge in [-0.2, -0.15) is 4.98 Å². The van der Waals surface area contributed by atoms with Gasteiger partial charge >= 0.3 is 6.08 Å². The van der Waals surface area contributed by atoms with Crippen molar-refractivity contribution in [3.05, 3.63) is 36.2 Å². The van der Waals surface area contributed by atoms with E-state index in [-0.39, 0.29) is 6.08 Å². The van der Waals surface area contributed by atoms with Crippen LogP contribution in [-0.2, 0) is 6.54 Å². The van der Waals surface area contributed by atoms with Gasteiger partial charge in [0.05, 0.1) is 12.3 Å². The van der Waals surface area contributed by atoms with Gasteiger partial charge in [-0.1, -0.05) is 19.1 Å². The molecule has 0 unspecified atom stereocenters. The highest BCUT2D eigenvalue weighted by Crippen LogP contribution is 2.30. The van der Waals surface area contributed by atoms with Crippen LogP contribution in [-0.4, -0.2) is 18.6 Å². The highest BCUT2D eigenvalue weighted by molar-refractivity contribution is 5.40. The van der Waals surface area contributed by atoms with Crippen molar-refractivity contribution in [2.75, 3.05) is 13.7 Å². The van der Waals surface area contributed by atoms with Crippen molar-refractivity contribution >= 4 is 0 Å². The molecule has 0 spiro atoms. The number of hydrogen-bond acceptors (Lipinski definition) is 5. The molecular weight excluding hydrogens is 244 g/mol. The summed E-state index contributed by atoms with van der Waals surface area (Å²) in [5.41, 5.74) is 0.796. The topological polar surface area (TPSA) is 56.5 Å².